The number of rotatable bonds is 2. The van der Waals surface area contributed by atoms with Crippen LogP contribution in [-0.4, -0.2) is 22.8 Å². The highest BCUT2D eigenvalue weighted by molar-refractivity contribution is 5.93. The highest BCUT2D eigenvalue weighted by Gasteiger charge is 2.18. The molecule has 0 radical (unpaired) electrons. The van der Waals surface area contributed by atoms with Crippen molar-refractivity contribution in [3.63, 3.8) is 0 Å². The Labute approximate surface area is 86.1 Å². The minimum absolute atomic E-state index is 0.133. The Morgan fingerprint density at radius 2 is 2.20 bits per heavy atom. The Balaban J connectivity index is 3.23. The molecule has 0 amide bonds. The number of benzene rings is 1. The van der Waals surface area contributed by atoms with Crippen molar-refractivity contribution in [1.29, 1.82) is 5.26 Å². The van der Waals surface area contributed by atoms with Crippen molar-refractivity contribution in [2.24, 2.45) is 0 Å². The molecule has 1 aromatic rings. The van der Waals surface area contributed by atoms with Crippen LogP contribution in [0.1, 0.15) is 22.8 Å². The minimum atomic E-state index is -0.730. The smallest absolute Gasteiger partial charge is 0.341 e. The normalized spacial score (nSPS) is 9.33. The Bertz CT molecular complexity index is 434. The Hall–Kier alpha value is -2.22. The van der Waals surface area contributed by atoms with Crippen molar-refractivity contribution in [3.05, 3.63) is 23.3 Å². The lowest BCUT2D eigenvalue weighted by Gasteiger charge is -2.06. The van der Waals surface area contributed by atoms with Crippen LogP contribution in [0.4, 0.5) is 0 Å². The average molecular weight is 207 g/mol. The first-order valence-electron chi connectivity index (χ1n) is 4.24. The SMILES string of the molecule is CCOC(=O)c1ccc(O)c(C#N)c1O. The van der Waals surface area contributed by atoms with Crippen LogP contribution < -0.4 is 0 Å². The van der Waals surface area contributed by atoms with Gasteiger partial charge in [0, 0.05) is 0 Å². The molecule has 0 fully saturated rings. The van der Waals surface area contributed by atoms with Crippen LogP contribution in [-0.2, 0) is 4.74 Å². The number of ether oxygens (including phenoxy) is 1. The Morgan fingerprint density at radius 1 is 1.53 bits per heavy atom. The predicted molar refractivity (Wildman–Crippen MR) is 50.4 cm³/mol. The van der Waals surface area contributed by atoms with Crippen molar-refractivity contribution in [2.75, 3.05) is 6.61 Å². The Morgan fingerprint density at radius 3 is 2.73 bits per heavy atom. The van der Waals surface area contributed by atoms with Crippen LogP contribution in [0, 0.1) is 11.3 Å². The molecule has 78 valence electrons. The van der Waals surface area contributed by atoms with E-state index >= 15 is 0 Å². The molecule has 0 atom stereocenters. The van der Waals surface area contributed by atoms with Crippen molar-refractivity contribution >= 4 is 5.97 Å². The summed E-state index contributed by atoms with van der Waals surface area (Å²) in [6.45, 7) is 1.79. The van der Waals surface area contributed by atoms with Crippen LogP contribution in [0.15, 0.2) is 12.1 Å². The number of nitriles is 1. The molecule has 0 saturated carbocycles. The van der Waals surface area contributed by atoms with Gasteiger partial charge in [-0.1, -0.05) is 0 Å². The highest BCUT2D eigenvalue weighted by atomic mass is 16.5. The number of hydrogen-bond acceptors (Lipinski definition) is 5. The average Bonchev–Trinajstić information content (AvgIpc) is 2.18. The summed E-state index contributed by atoms with van der Waals surface area (Å²) in [6.07, 6.45) is 0. The number of aromatic hydroxyl groups is 2. The first kappa shape index (κ1) is 10.9. The maximum Gasteiger partial charge on any atom is 0.341 e. The number of phenolic OH excluding ortho intramolecular Hbond substituents is 2. The van der Waals surface area contributed by atoms with E-state index in [9.17, 15) is 15.0 Å². The van der Waals surface area contributed by atoms with Gasteiger partial charge >= 0.3 is 5.97 Å². The summed E-state index contributed by atoms with van der Waals surface area (Å²) >= 11 is 0. The van der Waals surface area contributed by atoms with Crippen LogP contribution in [0.25, 0.3) is 0 Å². The third kappa shape index (κ3) is 1.99. The zero-order valence-corrected chi connectivity index (χ0v) is 8.02. The van der Waals surface area contributed by atoms with Gasteiger partial charge < -0.3 is 14.9 Å². The highest BCUT2D eigenvalue weighted by Crippen LogP contribution is 2.29. The summed E-state index contributed by atoms with van der Waals surface area (Å²) in [5.74, 6) is -1.66. The summed E-state index contributed by atoms with van der Waals surface area (Å²) in [4.78, 5) is 11.3. The quantitative estimate of drug-likeness (QED) is 0.710. The van der Waals surface area contributed by atoms with Gasteiger partial charge in [-0.15, -0.1) is 0 Å². The van der Waals surface area contributed by atoms with Crippen LogP contribution in [0.5, 0.6) is 11.5 Å². The number of carbonyl (C=O) groups is 1. The van der Waals surface area contributed by atoms with E-state index in [0.717, 1.165) is 6.07 Å². The number of nitrogens with zero attached hydrogens (tertiary/aromatic N) is 1. The number of carbonyl (C=O) groups excluding carboxylic acids is 1. The van der Waals surface area contributed by atoms with E-state index < -0.39 is 11.7 Å². The lowest BCUT2D eigenvalue weighted by Crippen LogP contribution is -2.05. The summed E-state index contributed by atoms with van der Waals surface area (Å²) in [7, 11) is 0. The van der Waals surface area contributed by atoms with Crippen LogP contribution in [0.3, 0.4) is 0 Å². The van der Waals surface area contributed by atoms with Gasteiger partial charge in [0.15, 0.2) is 5.75 Å². The molecule has 0 aliphatic carbocycles. The van der Waals surface area contributed by atoms with Gasteiger partial charge in [0.05, 0.1) is 6.61 Å². The van der Waals surface area contributed by atoms with E-state index in [4.69, 9.17) is 5.26 Å². The standard InChI is InChI=1S/C10H9NO4/c1-2-15-10(14)6-3-4-8(12)7(5-11)9(6)13/h3-4,12-13H,2H2,1H3. The molecular weight excluding hydrogens is 198 g/mol. The number of phenols is 2. The minimum Gasteiger partial charge on any atom is -0.506 e. The summed E-state index contributed by atoms with van der Waals surface area (Å²) < 4.78 is 4.66. The topological polar surface area (TPSA) is 90.5 Å². The second kappa shape index (κ2) is 4.33. The zero-order chi connectivity index (χ0) is 11.4. The second-order valence-electron chi connectivity index (χ2n) is 2.69. The van der Waals surface area contributed by atoms with Crippen molar-refractivity contribution in [3.8, 4) is 17.6 Å². The van der Waals surface area contributed by atoms with E-state index in [-0.39, 0.29) is 23.5 Å². The molecule has 15 heavy (non-hydrogen) atoms. The molecular formula is C10H9NO4. The van der Waals surface area contributed by atoms with E-state index in [2.05, 4.69) is 4.74 Å². The summed E-state index contributed by atoms with van der Waals surface area (Å²) in [6, 6.07) is 3.95. The largest absolute Gasteiger partial charge is 0.506 e. The lowest BCUT2D eigenvalue weighted by atomic mass is 10.1. The molecule has 0 heterocycles. The molecule has 5 heteroatoms. The molecule has 0 aromatic heterocycles. The van der Waals surface area contributed by atoms with Gasteiger partial charge in [-0.05, 0) is 19.1 Å². The third-order valence-electron chi connectivity index (χ3n) is 1.76. The maximum absolute atomic E-state index is 11.3. The lowest BCUT2D eigenvalue weighted by molar-refractivity contribution is 0.0523. The molecule has 1 rings (SSSR count). The maximum atomic E-state index is 11.3. The first-order valence-corrected chi connectivity index (χ1v) is 4.24. The number of esters is 1. The molecule has 0 saturated heterocycles. The third-order valence-corrected chi connectivity index (χ3v) is 1.76. The van der Waals surface area contributed by atoms with E-state index in [1.54, 1.807) is 13.0 Å². The monoisotopic (exact) mass is 207 g/mol. The van der Waals surface area contributed by atoms with E-state index in [0.29, 0.717) is 0 Å². The van der Waals surface area contributed by atoms with Crippen LogP contribution >= 0.6 is 0 Å². The second-order valence-corrected chi connectivity index (χ2v) is 2.69. The van der Waals surface area contributed by atoms with Gasteiger partial charge in [-0.3, -0.25) is 0 Å². The molecule has 0 aliphatic rings. The van der Waals surface area contributed by atoms with Crippen molar-refractivity contribution in [2.45, 2.75) is 6.92 Å². The molecule has 0 aliphatic heterocycles. The van der Waals surface area contributed by atoms with Gasteiger partial charge in [-0.25, -0.2) is 4.79 Å². The molecule has 0 bridgehead atoms. The van der Waals surface area contributed by atoms with E-state index in [1.807, 2.05) is 0 Å². The molecule has 5 nitrogen and oxygen atoms in total. The fourth-order valence-corrected chi connectivity index (χ4v) is 1.06. The van der Waals surface area contributed by atoms with Gasteiger partial charge in [0.25, 0.3) is 0 Å². The molecule has 0 unspecified atom stereocenters. The summed E-state index contributed by atoms with van der Waals surface area (Å²) in [5, 5.41) is 27.3. The fourth-order valence-electron chi connectivity index (χ4n) is 1.06. The predicted octanol–water partition coefficient (Wildman–Crippen LogP) is 1.15. The number of hydrogen-bond donors (Lipinski definition) is 2. The van der Waals surface area contributed by atoms with E-state index in [1.165, 1.54) is 6.07 Å². The fraction of sp³-hybridized carbons (Fsp3) is 0.200. The van der Waals surface area contributed by atoms with Crippen molar-refractivity contribution in [1.82, 2.24) is 0 Å². The molecule has 2 N–H and O–H groups in total. The molecule has 0 spiro atoms. The van der Waals surface area contributed by atoms with Gasteiger partial charge in [0.2, 0.25) is 0 Å². The van der Waals surface area contributed by atoms with Gasteiger partial charge in [-0.2, -0.15) is 5.26 Å². The summed E-state index contributed by atoms with van der Waals surface area (Å²) in [5.41, 5.74) is -0.466. The van der Waals surface area contributed by atoms with Gasteiger partial charge in [0.1, 0.15) is 22.9 Å². The molecule has 1 aromatic carbocycles. The first-order chi connectivity index (χ1) is 7.11. The Kier molecular flexibility index (Phi) is 3.13. The zero-order valence-electron chi connectivity index (χ0n) is 8.02. The van der Waals surface area contributed by atoms with Crippen molar-refractivity contribution < 1.29 is 19.7 Å². The van der Waals surface area contributed by atoms with Crippen LogP contribution in [0.2, 0.25) is 0 Å².